The van der Waals surface area contributed by atoms with Gasteiger partial charge in [-0.15, -0.1) is 0 Å². The molecule has 0 fully saturated rings. The molecule has 1 aromatic heterocycles. The Hall–Kier alpha value is -1.93. The second-order valence-corrected chi connectivity index (χ2v) is 6.34. The van der Waals surface area contributed by atoms with E-state index in [1.54, 1.807) is 36.4 Å². The first-order valence-electron chi connectivity index (χ1n) is 6.57. The lowest BCUT2D eigenvalue weighted by Crippen LogP contribution is -2.12. The topological polar surface area (TPSA) is 72.0 Å². The number of hydrogen-bond donors (Lipinski definition) is 1. The van der Waals surface area contributed by atoms with Gasteiger partial charge in [-0.3, -0.25) is 4.79 Å². The maximum Gasteiger partial charge on any atom is 0.337 e. The third-order valence-electron chi connectivity index (χ3n) is 3.29. The molecular formula is C16H10ClIN2O3. The number of benzene rings is 2. The number of aromatic nitrogens is 2. The van der Waals surface area contributed by atoms with E-state index in [1.807, 2.05) is 0 Å². The molecule has 3 rings (SSSR count). The van der Waals surface area contributed by atoms with Gasteiger partial charge in [0.25, 0.3) is 5.56 Å². The number of carbonyl (C=O) groups is 1. The van der Waals surface area contributed by atoms with Gasteiger partial charge in [0.15, 0.2) is 0 Å². The summed E-state index contributed by atoms with van der Waals surface area (Å²) in [4.78, 5) is 31.1. The molecule has 1 N–H and O–H groups in total. The molecule has 0 radical (unpaired) electrons. The zero-order valence-corrected chi connectivity index (χ0v) is 14.8. The van der Waals surface area contributed by atoms with Gasteiger partial charge in [0.1, 0.15) is 5.69 Å². The van der Waals surface area contributed by atoms with Crippen molar-refractivity contribution < 1.29 is 9.53 Å². The summed E-state index contributed by atoms with van der Waals surface area (Å²) in [5.74, 6) is -0.467. The molecule has 0 aliphatic heterocycles. The quantitative estimate of drug-likeness (QED) is 0.488. The van der Waals surface area contributed by atoms with E-state index in [4.69, 9.17) is 16.3 Å². The molecule has 0 saturated carbocycles. The summed E-state index contributed by atoms with van der Waals surface area (Å²) in [5, 5.41) is 0.552. The van der Waals surface area contributed by atoms with E-state index in [1.165, 1.54) is 7.11 Å². The molecule has 3 aromatic rings. The monoisotopic (exact) mass is 440 g/mol. The first-order chi connectivity index (χ1) is 11.0. The fourth-order valence-electron chi connectivity index (χ4n) is 2.19. The van der Waals surface area contributed by atoms with Crippen LogP contribution < -0.4 is 5.56 Å². The molecule has 1 heterocycles. The van der Waals surface area contributed by atoms with Crippen molar-refractivity contribution in [1.82, 2.24) is 9.97 Å². The molecule has 0 unspecified atom stereocenters. The van der Waals surface area contributed by atoms with Gasteiger partial charge >= 0.3 is 5.97 Å². The Bertz CT molecular complexity index is 985. The number of halogens is 2. The molecule has 0 aliphatic rings. The Labute approximate surface area is 149 Å². The number of aromatic amines is 1. The number of fused-ring (bicyclic) bond motifs is 1. The normalized spacial score (nSPS) is 10.7. The van der Waals surface area contributed by atoms with Crippen LogP contribution in [0.1, 0.15) is 10.4 Å². The first-order valence-corrected chi connectivity index (χ1v) is 8.03. The number of nitrogens with zero attached hydrogens (tertiary/aromatic N) is 1. The van der Waals surface area contributed by atoms with E-state index >= 15 is 0 Å². The van der Waals surface area contributed by atoms with Gasteiger partial charge in [-0.2, -0.15) is 0 Å². The number of ether oxygens (including phenoxy) is 1. The van der Waals surface area contributed by atoms with E-state index in [2.05, 4.69) is 32.6 Å². The minimum absolute atomic E-state index is 0.237. The van der Waals surface area contributed by atoms with Crippen molar-refractivity contribution in [1.29, 1.82) is 0 Å². The average molecular weight is 441 g/mol. The van der Waals surface area contributed by atoms with Gasteiger partial charge in [0.2, 0.25) is 0 Å². The standard InChI is InChI=1S/C16H10ClIN2O3/c1-23-16(22)9-4-2-3-8(5-9)14-15(21)20-12-6-10(17)11(18)7-13(12)19-14/h2-7H,1H3,(H,20,21). The molecule has 7 heteroatoms. The summed E-state index contributed by atoms with van der Waals surface area (Å²) >= 11 is 8.16. The summed E-state index contributed by atoms with van der Waals surface area (Å²) in [5.41, 5.74) is 1.97. The highest BCUT2D eigenvalue weighted by molar-refractivity contribution is 14.1. The SMILES string of the molecule is COC(=O)c1cccc(-c2nc3cc(I)c(Cl)cc3[nH]c2=O)c1. The average Bonchev–Trinajstić information content (AvgIpc) is 2.55. The van der Waals surface area contributed by atoms with Crippen LogP contribution in [0.25, 0.3) is 22.3 Å². The number of esters is 1. The summed E-state index contributed by atoms with van der Waals surface area (Å²) in [6.45, 7) is 0. The van der Waals surface area contributed by atoms with E-state index in [-0.39, 0.29) is 11.3 Å². The van der Waals surface area contributed by atoms with Crippen molar-refractivity contribution in [3.05, 3.63) is 60.9 Å². The number of methoxy groups -OCH3 is 1. The second kappa shape index (κ2) is 6.29. The highest BCUT2D eigenvalue weighted by atomic mass is 127. The lowest BCUT2D eigenvalue weighted by atomic mass is 10.1. The van der Waals surface area contributed by atoms with Crippen molar-refractivity contribution in [3.8, 4) is 11.3 Å². The van der Waals surface area contributed by atoms with E-state index in [0.717, 1.165) is 3.57 Å². The fraction of sp³-hybridized carbons (Fsp3) is 0.0625. The molecule has 0 bridgehead atoms. The summed E-state index contributed by atoms with van der Waals surface area (Å²) < 4.78 is 5.53. The Kier molecular flexibility index (Phi) is 4.36. The van der Waals surface area contributed by atoms with E-state index in [9.17, 15) is 9.59 Å². The molecule has 0 amide bonds. The van der Waals surface area contributed by atoms with E-state index in [0.29, 0.717) is 27.2 Å². The fourth-order valence-corrected chi connectivity index (χ4v) is 2.80. The molecule has 5 nitrogen and oxygen atoms in total. The van der Waals surface area contributed by atoms with Gasteiger partial charge < -0.3 is 9.72 Å². The Morgan fingerprint density at radius 2 is 2.09 bits per heavy atom. The van der Waals surface area contributed by atoms with Gasteiger partial charge in [0, 0.05) is 9.13 Å². The minimum atomic E-state index is -0.467. The molecule has 0 atom stereocenters. The highest BCUT2D eigenvalue weighted by Gasteiger charge is 2.12. The molecule has 0 aliphatic carbocycles. The summed E-state index contributed by atoms with van der Waals surface area (Å²) in [7, 11) is 1.31. The highest BCUT2D eigenvalue weighted by Crippen LogP contribution is 2.24. The molecule has 23 heavy (non-hydrogen) atoms. The molecule has 0 spiro atoms. The van der Waals surface area contributed by atoms with Crippen molar-refractivity contribution in [3.63, 3.8) is 0 Å². The van der Waals surface area contributed by atoms with Gasteiger partial charge in [-0.1, -0.05) is 23.7 Å². The summed E-state index contributed by atoms with van der Waals surface area (Å²) in [6, 6.07) is 10.1. The lowest BCUT2D eigenvalue weighted by Gasteiger charge is -2.06. The van der Waals surface area contributed by atoms with Gasteiger partial charge in [-0.25, -0.2) is 9.78 Å². The van der Waals surface area contributed by atoms with Crippen LogP contribution in [0.2, 0.25) is 5.02 Å². The molecule has 116 valence electrons. The lowest BCUT2D eigenvalue weighted by molar-refractivity contribution is 0.0601. The minimum Gasteiger partial charge on any atom is -0.465 e. The Morgan fingerprint density at radius 3 is 2.83 bits per heavy atom. The van der Waals surface area contributed by atoms with Gasteiger partial charge in [0.05, 0.1) is 28.7 Å². The van der Waals surface area contributed by atoms with Crippen molar-refractivity contribution in [2.75, 3.05) is 7.11 Å². The van der Waals surface area contributed by atoms with Crippen LogP contribution in [0.5, 0.6) is 0 Å². The smallest absolute Gasteiger partial charge is 0.337 e. The van der Waals surface area contributed by atoms with Crippen LogP contribution in [0.15, 0.2) is 41.2 Å². The predicted molar refractivity (Wildman–Crippen MR) is 96.9 cm³/mol. The number of nitrogens with one attached hydrogen (secondary N) is 1. The van der Waals surface area contributed by atoms with Crippen molar-refractivity contribution in [2.45, 2.75) is 0 Å². The largest absolute Gasteiger partial charge is 0.465 e. The van der Waals surface area contributed by atoms with Gasteiger partial charge in [-0.05, 0) is 46.9 Å². The third-order valence-corrected chi connectivity index (χ3v) is 4.82. The molecular weight excluding hydrogens is 431 g/mol. The Balaban J connectivity index is 2.20. The predicted octanol–water partition coefficient (Wildman–Crippen LogP) is 3.63. The number of H-pyrrole nitrogens is 1. The van der Waals surface area contributed by atoms with Crippen molar-refractivity contribution >= 4 is 51.2 Å². The number of carbonyl (C=O) groups excluding carboxylic acids is 1. The third kappa shape index (κ3) is 3.09. The molecule has 2 aromatic carbocycles. The zero-order valence-electron chi connectivity index (χ0n) is 11.9. The van der Waals surface area contributed by atoms with Crippen LogP contribution in [0.3, 0.4) is 0 Å². The first kappa shape index (κ1) is 15.9. The summed E-state index contributed by atoms with van der Waals surface area (Å²) in [6.07, 6.45) is 0. The van der Waals surface area contributed by atoms with Crippen LogP contribution in [0.4, 0.5) is 0 Å². The maximum atomic E-state index is 12.3. The van der Waals surface area contributed by atoms with Crippen molar-refractivity contribution in [2.24, 2.45) is 0 Å². The number of hydrogen-bond acceptors (Lipinski definition) is 4. The van der Waals surface area contributed by atoms with Crippen LogP contribution in [-0.2, 0) is 4.74 Å². The number of rotatable bonds is 2. The maximum absolute atomic E-state index is 12.3. The van der Waals surface area contributed by atoms with Crippen LogP contribution >= 0.6 is 34.2 Å². The second-order valence-electron chi connectivity index (χ2n) is 4.77. The molecule has 0 saturated heterocycles. The zero-order chi connectivity index (χ0) is 16.6. The van der Waals surface area contributed by atoms with Crippen LogP contribution in [0, 0.1) is 3.57 Å². The van der Waals surface area contributed by atoms with Crippen LogP contribution in [-0.4, -0.2) is 23.0 Å². The Morgan fingerprint density at radius 1 is 1.30 bits per heavy atom. The van der Waals surface area contributed by atoms with E-state index < -0.39 is 5.97 Å².